The molecule has 0 bridgehead atoms. The minimum Gasteiger partial charge on any atom is -0.497 e. The Morgan fingerprint density at radius 1 is 1.20 bits per heavy atom. The number of anilines is 2. The lowest BCUT2D eigenvalue weighted by Gasteiger charge is -2.20. The summed E-state index contributed by atoms with van der Waals surface area (Å²) in [5.74, 6) is 0.593. The summed E-state index contributed by atoms with van der Waals surface area (Å²) in [7, 11) is -0.699. The monoisotopic (exact) mass is 293 g/mol. The van der Waals surface area contributed by atoms with Crippen LogP contribution in [0.1, 0.15) is 0 Å². The summed E-state index contributed by atoms with van der Waals surface area (Å²) in [6.07, 6.45) is 2.90. The van der Waals surface area contributed by atoms with Crippen molar-refractivity contribution in [2.24, 2.45) is 0 Å². The molecule has 0 saturated carbocycles. The molecule has 0 saturated heterocycles. The van der Waals surface area contributed by atoms with Crippen molar-refractivity contribution in [1.29, 1.82) is 0 Å². The van der Waals surface area contributed by atoms with Crippen molar-refractivity contribution >= 4 is 21.4 Å². The van der Waals surface area contributed by atoms with Crippen LogP contribution in [0.2, 0.25) is 0 Å². The van der Waals surface area contributed by atoms with Crippen LogP contribution in [0.25, 0.3) is 0 Å². The van der Waals surface area contributed by atoms with Crippen LogP contribution in [0.5, 0.6) is 5.75 Å². The fourth-order valence-corrected chi connectivity index (χ4v) is 2.94. The fourth-order valence-electron chi connectivity index (χ4n) is 1.72. The first kappa shape index (κ1) is 14.1. The average molecular weight is 293 g/mol. The molecule has 0 spiro atoms. The Morgan fingerprint density at radius 3 is 2.40 bits per heavy atom. The molecule has 0 aliphatic heterocycles. The molecular weight excluding hydrogens is 278 g/mol. The minimum absolute atomic E-state index is 0.164. The SMILES string of the molecule is COc1ccc(S(=O)(=O)N(C)c2ccncc2N)cc1. The molecular formula is C13H15N3O3S. The Hall–Kier alpha value is -2.28. The number of ether oxygens (including phenoxy) is 1. The summed E-state index contributed by atoms with van der Waals surface area (Å²) in [6.45, 7) is 0. The smallest absolute Gasteiger partial charge is 0.264 e. The van der Waals surface area contributed by atoms with E-state index in [1.165, 1.54) is 38.7 Å². The quantitative estimate of drug-likeness (QED) is 0.923. The van der Waals surface area contributed by atoms with Gasteiger partial charge in [-0.3, -0.25) is 9.29 Å². The molecule has 2 aromatic rings. The third kappa shape index (κ3) is 2.53. The Morgan fingerprint density at radius 2 is 1.85 bits per heavy atom. The predicted octanol–water partition coefficient (Wildman–Crippen LogP) is 1.50. The van der Waals surface area contributed by atoms with Crippen molar-refractivity contribution in [3.63, 3.8) is 0 Å². The number of methoxy groups -OCH3 is 1. The second-order valence-electron chi connectivity index (χ2n) is 4.08. The van der Waals surface area contributed by atoms with Gasteiger partial charge in [0.25, 0.3) is 10.0 Å². The van der Waals surface area contributed by atoms with Gasteiger partial charge >= 0.3 is 0 Å². The van der Waals surface area contributed by atoms with Gasteiger partial charge in [-0.05, 0) is 30.3 Å². The number of benzene rings is 1. The maximum atomic E-state index is 12.5. The zero-order valence-corrected chi connectivity index (χ0v) is 12.0. The topological polar surface area (TPSA) is 85.5 Å². The van der Waals surface area contributed by atoms with Crippen LogP contribution in [-0.4, -0.2) is 27.6 Å². The molecule has 2 rings (SSSR count). The van der Waals surface area contributed by atoms with Crippen LogP contribution in [0.15, 0.2) is 47.6 Å². The highest BCUT2D eigenvalue weighted by molar-refractivity contribution is 7.92. The van der Waals surface area contributed by atoms with Crippen LogP contribution in [0, 0.1) is 0 Å². The number of nitrogens with zero attached hydrogens (tertiary/aromatic N) is 2. The largest absolute Gasteiger partial charge is 0.497 e. The van der Waals surface area contributed by atoms with E-state index in [1.807, 2.05) is 0 Å². The summed E-state index contributed by atoms with van der Waals surface area (Å²) in [4.78, 5) is 4.01. The highest BCUT2D eigenvalue weighted by Gasteiger charge is 2.22. The van der Waals surface area contributed by atoms with Crippen molar-refractivity contribution in [3.05, 3.63) is 42.7 Å². The molecule has 0 amide bonds. The minimum atomic E-state index is -3.67. The van der Waals surface area contributed by atoms with E-state index in [1.54, 1.807) is 18.2 Å². The second kappa shape index (κ2) is 5.38. The number of sulfonamides is 1. The first-order valence-electron chi connectivity index (χ1n) is 5.79. The number of nitrogens with two attached hydrogens (primary N) is 1. The first-order valence-corrected chi connectivity index (χ1v) is 7.23. The number of hydrogen-bond donors (Lipinski definition) is 1. The normalized spacial score (nSPS) is 11.1. The van der Waals surface area contributed by atoms with Crippen LogP contribution >= 0.6 is 0 Å². The summed E-state index contributed by atoms with van der Waals surface area (Å²) >= 11 is 0. The zero-order chi connectivity index (χ0) is 14.8. The summed E-state index contributed by atoms with van der Waals surface area (Å²) in [6, 6.07) is 7.72. The highest BCUT2D eigenvalue weighted by atomic mass is 32.2. The Kier molecular flexibility index (Phi) is 3.80. The average Bonchev–Trinajstić information content (AvgIpc) is 2.47. The molecule has 1 heterocycles. The lowest BCUT2D eigenvalue weighted by atomic mass is 10.3. The number of nitrogen functional groups attached to an aromatic ring is 1. The van der Waals surface area contributed by atoms with E-state index in [4.69, 9.17) is 10.5 Å². The molecule has 0 radical (unpaired) electrons. The molecule has 0 fully saturated rings. The molecule has 6 nitrogen and oxygen atoms in total. The maximum absolute atomic E-state index is 12.5. The van der Waals surface area contributed by atoms with E-state index in [9.17, 15) is 8.42 Å². The van der Waals surface area contributed by atoms with Crippen LogP contribution < -0.4 is 14.8 Å². The molecule has 1 aromatic carbocycles. The van der Waals surface area contributed by atoms with Gasteiger partial charge in [0.2, 0.25) is 0 Å². The second-order valence-corrected chi connectivity index (χ2v) is 6.05. The Labute approximate surface area is 117 Å². The number of hydrogen-bond acceptors (Lipinski definition) is 5. The first-order chi connectivity index (χ1) is 9.46. The van der Waals surface area contributed by atoms with E-state index in [0.29, 0.717) is 17.1 Å². The van der Waals surface area contributed by atoms with Gasteiger partial charge in [0, 0.05) is 13.2 Å². The molecule has 7 heteroatoms. The third-order valence-electron chi connectivity index (χ3n) is 2.88. The predicted molar refractivity (Wildman–Crippen MR) is 77.2 cm³/mol. The summed E-state index contributed by atoms with van der Waals surface area (Å²) in [5, 5.41) is 0. The lowest BCUT2D eigenvalue weighted by Crippen LogP contribution is -2.27. The van der Waals surface area contributed by atoms with Crippen molar-refractivity contribution in [3.8, 4) is 5.75 Å². The van der Waals surface area contributed by atoms with E-state index < -0.39 is 10.0 Å². The standard InChI is InChI=1S/C13H15N3O3S/c1-16(13-7-8-15-9-12(13)14)20(17,18)11-5-3-10(19-2)4-6-11/h3-9H,14H2,1-2H3. The van der Waals surface area contributed by atoms with Crippen molar-refractivity contribution in [2.45, 2.75) is 4.90 Å². The zero-order valence-electron chi connectivity index (χ0n) is 11.1. The molecule has 0 atom stereocenters. The molecule has 2 N–H and O–H groups in total. The van der Waals surface area contributed by atoms with Gasteiger partial charge < -0.3 is 10.5 Å². The van der Waals surface area contributed by atoms with Crippen molar-refractivity contribution in [1.82, 2.24) is 4.98 Å². The van der Waals surface area contributed by atoms with Crippen molar-refractivity contribution in [2.75, 3.05) is 24.2 Å². The molecule has 0 aliphatic rings. The van der Waals surface area contributed by atoms with Crippen LogP contribution in [-0.2, 0) is 10.0 Å². The molecule has 1 aromatic heterocycles. The van der Waals surface area contributed by atoms with E-state index in [2.05, 4.69) is 4.98 Å². The highest BCUT2D eigenvalue weighted by Crippen LogP contribution is 2.27. The summed E-state index contributed by atoms with van der Waals surface area (Å²) in [5.41, 5.74) is 6.44. The molecule has 106 valence electrons. The van der Waals surface area contributed by atoms with E-state index in [0.717, 1.165) is 4.31 Å². The van der Waals surface area contributed by atoms with Gasteiger partial charge in [-0.2, -0.15) is 0 Å². The molecule has 0 unspecified atom stereocenters. The molecule has 20 heavy (non-hydrogen) atoms. The van der Waals surface area contributed by atoms with Crippen LogP contribution in [0.3, 0.4) is 0 Å². The van der Waals surface area contributed by atoms with Gasteiger partial charge in [0.05, 0.1) is 29.6 Å². The Balaban J connectivity index is 2.41. The van der Waals surface area contributed by atoms with Gasteiger partial charge in [-0.25, -0.2) is 8.42 Å². The fraction of sp³-hybridized carbons (Fsp3) is 0.154. The summed E-state index contributed by atoms with van der Waals surface area (Å²) < 4.78 is 31.1. The Bertz CT molecular complexity index is 699. The van der Waals surface area contributed by atoms with Gasteiger partial charge in [-0.1, -0.05) is 0 Å². The maximum Gasteiger partial charge on any atom is 0.264 e. The lowest BCUT2D eigenvalue weighted by molar-refractivity contribution is 0.414. The number of pyridine rings is 1. The van der Waals surface area contributed by atoms with Crippen molar-refractivity contribution < 1.29 is 13.2 Å². The molecule has 0 aliphatic carbocycles. The van der Waals surface area contributed by atoms with Gasteiger partial charge in [0.15, 0.2) is 0 Å². The van der Waals surface area contributed by atoms with E-state index in [-0.39, 0.29) is 4.90 Å². The van der Waals surface area contributed by atoms with Gasteiger partial charge in [-0.15, -0.1) is 0 Å². The van der Waals surface area contributed by atoms with Gasteiger partial charge in [0.1, 0.15) is 5.75 Å². The number of aromatic nitrogens is 1. The van der Waals surface area contributed by atoms with Crippen LogP contribution in [0.4, 0.5) is 11.4 Å². The van der Waals surface area contributed by atoms with E-state index >= 15 is 0 Å². The number of rotatable bonds is 4. The third-order valence-corrected chi connectivity index (χ3v) is 4.67.